The van der Waals surface area contributed by atoms with Gasteiger partial charge < -0.3 is 0 Å². The van der Waals surface area contributed by atoms with Crippen LogP contribution in [-0.2, 0) is 0 Å². The molecule has 0 aromatic heterocycles. The number of thioether (sulfide) groups is 1. The van der Waals surface area contributed by atoms with Crippen LogP contribution in [0.25, 0.3) is 0 Å². The molecule has 0 amide bonds. The SMILES string of the molecule is CSc1c(F)cc(C(C)=O)cc1Cl. The second kappa shape index (κ2) is 4.11. The highest BCUT2D eigenvalue weighted by atomic mass is 35.5. The number of carbonyl (C=O) groups excluding carboxylic acids is 1. The van der Waals surface area contributed by atoms with Gasteiger partial charge in [-0.15, -0.1) is 11.8 Å². The Morgan fingerprint density at radius 2 is 2.15 bits per heavy atom. The molecular weight excluding hydrogens is 211 g/mol. The molecule has 1 aromatic carbocycles. The van der Waals surface area contributed by atoms with E-state index in [0.29, 0.717) is 10.5 Å². The number of rotatable bonds is 2. The molecule has 0 saturated carbocycles. The van der Waals surface area contributed by atoms with Gasteiger partial charge in [0.2, 0.25) is 0 Å². The van der Waals surface area contributed by atoms with Gasteiger partial charge in [0, 0.05) is 5.56 Å². The van der Waals surface area contributed by atoms with Crippen LogP contribution in [0.15, 0.2) is 17.0 Å². The van der Waals surface area contributed by atoms with E-state index in [0.717, 1.165) is 0 Å². The summed E-state index contributed by atoms with van der Waals surface area (Å²) < 4.78 is 13.2. The lowest BCUT2D eigenvalue weighted by Gasteiger charge is -2.04. The molecule has 1 aromatic rings. The van der Waals surface area contributed by atoms with Crippen molar-refractivity contribution in [1.29, 1.82) is 0 Å². The summed E-state index contributed by atoms with van der Waals surface area (Å²) in [5.74, 6) is -0.626. The molecular formula is C9H8ClFOS. The average molecular weight is 219 g/mol. The number of carbonyl (C=O) groups is 1. The standard InChI is InChI=1S/C9H8ClFOS/c1-5(12)6-3-7(10)9(13-2)8(11)4-6/h3-4H,1-2H3. The van der Waals surface area contributed by atoms with Crippen molar-refractivity contribution >= 4 is 29.1 Å². The monoisotopic (exact) mass is 218 g/mol. The molecule has 0 unspecified atom stereocenters. The van der Waals surface area contributed by atoms with Crippen molar-refractivity contribution in [3.63, 3.8) is 0 Å². The molecule has 1 rings (SSSR count). The lowest BCUT2D eigenvalue weighted by atomic mass is 10.1. The normalized spacial score (nSPS) is 10.2. The molecule has 1 nitrogen and oxygen atoms in total. The fourth-order valence-electron chi connectivity index (χ4n) is 0.958. The van der Waals surface area contributed by atoms with Crippen molar-refractivity contribution < 1.29 is 9.18 Å². The Morgan fingerprint density at radius 1 is 1.54 bits per heavy atom. The topological polar surface area (TPSA) is 17.1 Å². The van der Waals surface area contributed by atoms with E-state index in [1.807, 2.05) is 0 Å². The van der Waals surface area contributed by atoms with Crippen molar-refractivity contribution in [2.75, 3.05) is 6.26 Å². The average Bonchev–Trinajstić information content (AvgIpc) is 2.03. The first kappa shape index (κ1) is 10.5. The Morgan fingerprint density at radius 3 is 2.54 bits per heavy atom. The molecule has 0 radical (unpaired) electrons. The Bertz CT molecular complexity index is 328. The zero-order chi connectivity index (χ0) is 10.0. The van der Waals surface area contributed by atoms with E-state index in [-0.39, 0.29) is 10.8 Å². The van der Waals surface area contributed by atoms with Crippen LogP contribution in [0, 0.1) is 5.82 Å². The first-order chi connectivity index (χ1) is 6.06. The zero-order valence-corrected chi connectivity index (χ0v) is 8.80. The molecule has 0 saturated heterocycles. The predicted molar refractivity (Wildman–Crippen MR) is 53.2 cm³/mol. The number of hydrogen-bond donors (Lipinski definition) is 0. The van der Waals surface area contributed by atoms with Gasteiger partial charge >= 0.3 is 0 Å². The molecule has 4 heteroatoms. The third-order valence-electron chi connectivity index (χ3n) is 1.61. The molecule has 13 heavy (non-hydrogen) atoms. The molecule has 0 spiro atoms. The van der Waals surface area contributed by atoms with Crippen LogP contribution in [0.2, 0.25) is 5.02 Å². The van der Waals surface area contributed by atoms with E-state index in [9.17, 15) is 9.18 Å². The van der Waals surface area contributed by atoms with Gasteiger partial charge in [-0.05, 0) is 25.3 Å². The van der Waals surface area contributed by atoms with Gasteiger partial charge in [0.1, 0.15) is 5.82 Å². The Balaban J connectivity index is 3.28. The fourth-order valence-corrected chi connectivity index (χ4v) is 1.91. The third-order valence-corrected chi connectivity index (χ3v) is 2.84. The van der Waals surface area contributed by atoms with Crippen LogP contribution in [0.3, 0.4) is 0 Å². The van der Waals surface area contributed by atoms with Crippen LogP contribution in [0.1, 0.15) is 17.3 Å². The quantitative estimate of drug-likeness (QED) is 0.559. The van der Waals surface area contributed by atoms with Crippen LogP contribution >= 0.6 is 23.4 Å². The van der Waals surface area contributed by atoms with E-state index < -0.39 is 5.82 Å². The van der Waals surface area contributed by atoms with Crippen molar-refractivity contribution in [2.45, 2.75) is 11.8 Å². The third kappa shape index (κ3) is 2.23. The minimum absolute atomic E-state index is 0.187. The highest BCUT2D eigenvalue weighted by Gasteiger charge is 2.10. The van der Waals surface area contributed by atoms with E-state index in [1.54, 1.807) is 6.26 Å². The maximum atomic E-state index is 13.2. The van der Waals surface area contributed by atoms with Crippen LogP contribution in [-0.4, -0.2) is 12.0 Å². The molecule has 70 valence electrons. The van der Waals surface area contributed by atoms with Crippen molar-refractivity contribution in [3.05, 3.63) is 28.5 Å². The summed E-state index contributed by atoms with van der Waals surface area (Å²) in [5, 5.41) is 0.290. The molecule has 0 aliphatic heterocycles. The van der Waals surface area contributed by atoms with Crippen molar-refractivity contribution in [2.24, 2.45) is 0 Å². The summed E-state index contributed by atoms with van der Waals surface area (Å²) in [6.45, 7) is 1.38. The second-order valence-electron chi connectivity index (χ2n) is 2.53. The number of halogens is 2. The number of ketones is 1. The van der Waals surface area contributed by atoms with Crippen LogP contribution < -0.4 is 0 Å². The van der Waals surface area contributed by atoms with E-state index in [2.05, 4.69) is 0 Å². The van der Waals surface area contributed by atoms with Gasteiger partial charge in [-0.3, -0.25) is 4.79 Å². The van der Waals surface area contributed by atoms with Gasteiger partial charge in [-0.1, -0.05) is 11.6 Å². The minimum Gasteiger partial charge on any atom is -0.295 e. The molecule has 0 bridgehead atoms. The molecule has 0 heterocycles. The maximum Gasteiger partial charge on any atom is 0.159 e. The van der Waals surface area contributed by atoms with Gasteiger partial charge in [0.25, 0.3) is 0 Å². The van der Waals surface area contributed by atoms with Crippen LogP contribution in [0.5, 0.6) is 0 Å². The molecule has 0 fully saturated rings. The summed E-state index contributed by atoms with van der Waals surface area (Å²) in [4.78, 5) is 11.3. The Labute approximate surface area is 85.3 Å². The second-order valence-corrected chi connectivity index (χ2v) is 3.75. The highest BCUT2D eigenvalue weighted by molar-refractivity contribution is 7.98. The molecule has 0 aliphatic carbocycles. The molecule has 0 N–H and O–H groups in total. The predicted octanol–water partition coefficient (Wildman–Crippen LogP) is 3.40. The maximum absolute atomic E-state index is 13.2. The van der Waals surface area contributed by atoms with Gasteiger partial charge in [0.15, 0.2) is 5.78 Å². The summed E-state index contributed by atoms with van der Waals surface area (Å²) in [5.41, 5.74) is 0.306. The molecule has 0 atom stereocenters. The van der Waals surface area contributed by atoms with Gasteiger partial charge in [0.05, 0.1) is 9.92 Å². The van der Waals surface area contributed by atoms with Crippen molar-refractivity contribution in [1.82, 2.24) is 0 Å². The van der Waals surface area contributed by atoms with Crippen LogP contribution in [0.4, 0.5) is 4.39 Å². The molecule has 0 aliphatic rings. The number of hydrogen-bond acceptors (Lipinski definition) is 2. The number of Topliss-reactive ketones (excluding diaryl/α,β-unsaturated/α-hetero) is 1. The fraction of sp³-hybridized carbons (Fsp3) is 0.222. The lowest BCUT2D eigenvalue weighted by Crippen LogP contribution is -1.94. The van der Waals surface area contributed by atoms with Gasteiger partial charge in [-0.2, -0.15) is 0 Å². The zero-order valence-electron chi connectivity index (χ0n) is 7.23. The van der Waals surface area contributed by atoms with E-state index in [1.165, 1.54) is 30.8 Å². The first-order valence-electron chi connectivity index (χ1n) is 3.60. The largest absolute Gasteiger partial charge is 0.295 e. The lowest BCUT2D eigenvalue weighted by molar-refractivity contribution is 0.101. The van der Waals surface area contributed by atoms with E-state index in [4.69, 9.17) is 11.6 Å². The van der Waals surface area contributed by atoms with Crippen molar-refractivity contribution in [3.8, 4) is 0 Å². The summed E-state index contributed by atoms with van der Waals surface area (Å²) in [7, 11) is 0. The minimum atomic E-state index is -0.440. The summed E-state index contributed by atoms with van der Waals surface area (Å²) >= 11 is 6.99. The highest BCUT2D eigenvalue weighted by Crippen LogP contribution is 2.29. The Kier molecular flexibility index (Phi) is 3.33. The number of benzene rings is 1. The van der Waals surface area contributed by atoms with Gasteiger partial charge in [-0.25, -0.2) is 4.39 Å². The Hall–Kier alpha value is -0.540. The smallest absolute Gasteiger partial charge is 0.159 e. The summed E-state index contributed by atoms with van der Waals surface area (Å²) in [6.07, 6.45) is 1.73. The van der Waals surface area contributed by atoms with E-state index >= 15 is 0 Å². The first-order valence-corrected chi connectivity index (χ1v) is 5.20. The summed E-state index contributed by atoms with van der Waals surface area (Å²) in [6, 6.07) is 2.69.